The van der Waals surface area contributed by atoms with E-state index in [1.54, 1.807) is 11.8 Å². The number of likely N-dealkylation sites (N-methyl/N-ethyl adjacent to an activating group) is 1. The van der Waals surface area contributed by atoms with Gasteiger partial charge in [0.2, 0.25) is 15.9 Å². The van der Waals surface area contributed by atoms with Gasteiger partial charge in [-0.1, -0.05) is 6.07 Å². The molecule has 10 heteroatoms. The summed E-state index contributed by atoms with van der Waals surface area (Å²) in [6, 6.07) is 3.96. The zero-order valence-electron chi connectivity index (χ0n) is 15.9. The van der Waals surface area contributed by atoms with Crippen molar-refractivity contribution in [2.24, 2.45) is 0 Å². The number of amides is 1. The van der Waals surface area contributed by atoms with Crippen LogP contribution in [0.1, 0.15) is 19.4 Å². The van der Waals surface area contributed by atoms with Crippen LogP contribution in [0.4, 0.5) is 5.69 Å². The van der Waals surface area contributed by atoms with Crippen molar-refractivity contribution < 1.29 is 18.1 Å². The maximum absolute atomic E-state index is 12.8. The van der Waals surface area contributed by atoms with Crippen molar-refractivity contribution in [1.29, 1.82) is 0 Å². The summed E-state index contributed by atoms with van der Waals surface area (Å²) in [5.41, 5.74) is 0.207. The van der Waals surface area contributed by atoms with Crippen LogP contribution in [0, 0.1) is 17.0 Å². The molecule has 0 unspecified atom stereocenters. The molecule has 0 N–H and O–H groups in total. The van der Waals surface area contributed by atoms with Crippen molar-refractivity contribution >= 4 is 21.6 Å². The standard InChI is InChI=1S/C17H26N4O5S/c1-4-19(5-2)17(22)13-18-8-10-20(11-9-18)27(25,26)15-7-6-14(3)16(12-15)21(23)24/h6-7,12H,4-5,8-11,13H2,1-3H3. The summed E-state index contributed by atoms with van der Waals surface area (Å²) in [4.78, 5) is 26.3. The van der Waals surface area contributed by atoms with Crippen molar-refractivity contribution in [2.45, 2.75) is 25.7 Å². The average molecular weight is 398 g/mol. The summed E-state index contributed by atoms with van der Waals surface area (Å²) >= 11 is 0. The molecule has 0 atom stereocenters. The van der Waals surface area contributed by atoms with Crippen molar-refractivity contribution in [3.8, 4) is 0 Å². The SMILES string of the molecule is CCN(CC)C(=O)CN1CCN(S(=O)(=O)c2ccc(C)c([N+](=O)[O-])c2)CC1. The zero-order valence-corrected chi connectivity index (χ0v) is 16.7. The second kappa shape index (κ2) is 8.77. The molecule has 0 aliphatic carbocycles. The number of aryl methyl sites for hydroxylation is 1. The fraction of sp³-hybridized carbons (Fsp3) is 0.588. The van der Waals surface area contributed by atoms with Gasteiger partial charge in [-0.15, -0.1) is 0 Å². The maximum atomic E-state index is 12.8. The van der Waals surface area contributed by atoms with Gasteiger partial charge in [-0.25, -0.2) is 8.42 Å². The third kappa shape index (κ3) is 4.82. The van der Waals surface area contributed by atoms with Crippen LogP contribution in [0.2, 0.25) is 0 Å². The summed E-state index contributed by atoms with van der Waals surface area (Å²) in [5.74, 6) is 0.0328. The van der Waals surface area contributed by atoms with Crippen molar-refractivity contribution in [3.63, 3.8) is 0 Å². The highest BCUT2D eigenvalue weighted by Crippen LogP contribution is 2.25. The molecule has 2 rings (SSSR count). The van der Waals surface area contributed by atoms with Crippen LogP contribution in [-0.2, 0) is 14.8 Å². The number of sulfonamides is 1. The Morgan fingerprint density at radius 3 is 2.30 bits per heavy atom. The smallest absolute Gasteiger partial charge is 0.273 e. The number of carbonyl (C=O) groups excluding carboxylic acids is 1. The van der Waals surface area contributed by atoms with Crippen LogP contribution in [0.3, 0.4) is 0 Å². The van der Waals surface area contributed by atoms with E-state index < -0.39 is 14.9 Å². The van der Waals surface area contributed by atoms with Crippen molar-refractivity contribution in [1.82, 2.24) is 14.1 Å². The number of nitro benzene ring substituents is 1. The molecule has 0 aromatic heterocycles. The number of carbonyl (C=O) groups is 1. The lowest BCUT2D eigenvalue weighted by Crippen LogP contribution is -2.51. The maximum Gasteiger partial charge on any atom is 0.273 e. The lowest BCUT2D eigenvalue weighted by molar-refractivity contribution is -0.385. The fourth-order valence-corrected chi connectivity index (χ4v) is 4.53. The monoisotopic (exact) mass is 398 g/mol. The van der Waals surface area contributed by atoms with Gasteiger partial charge in [-0.3, -0.25) is 19.8 Å². The lowest BCUT2D eigenvalue weighted by Gasteiger charge is -2.34. The second-order valence-electron chi connectivity index (χ2n) is 6.45. The van der Waals surface area contributed by atoms with Gasteiger partial charge in [-0.2, -0.15) is 4.31 Å². The number of hydrogen-bond donors (Lipinski definition) is 0. The molecule has 1 saturated heterocycles. The Morgan fingerprint density at radius 1 is 1.19 bits per heavy atom. The number of benzene rings is 1. The highest BCUT2D eigenvalue weighted by Gasteiger charge is 2.30. The molecule has 0 radical (unpaired) electrons. The molecule has 1 amide bonds. The van der Waals surface area contributed by atoms with E-state index in [1.807, 2.05) is 18.7 Å². The Kier molecular flexibility index (Phi) is 6.90. The second-order valence-corrected chi connectivity index (χ2v) is 8.39. The average Bonchev–Trinajstić information content (AvgIpc) is 2.63. The van der Waals surface area contributed by atoms with Crippen LogP contribution in [-0.4, -0.2) is 79.2 Å². The van der Waals surface area contributed by atoms with Gasteiger partial charge in [0.05, 0.1) is 16.4 Å². The quantitative estimate of drug-likeness (QED) is 0.503. The fourth-order valence-electron chi connectivity index (χ4n) is 3.09. The molecule has 1 aromatic rings. The number of rotatable bonds is 7. The molecule has 9 nitrogen and oxygen atoms in total. The minimum atomic E-state index is -3.81. The molecule has 0 bridgehead atoms. The van der Waals surface area contributed by atoms with Gasteiger partial charge in [0.25, 0.3) is 5.69 Å². The minimum absolute atomic E-state index is 0.0328. The Hall–Kier alpha value is -2.04. The summed E-state index contributed by atoms with van der Waals surface area (Å²) in [5, 5.41) is 11.1. The molecule has 1 aromatic carbocycles. The summed E-state index contributed by atoms with van der Waals surface area (Å²) in [6.45, 7) is 8.36. The van der Waals surface area contributed by atoms with Crippen LogP contribution < -0.4 is 0 Å². The Bertz CT molecular complexity index is 800. The van der Waals surface area contributed by atoms with E-state index >= 15 is 0 Å². The predicted octanol–water partition coefficient (Wildman–Crippen LogP) is 1.08. The molecule has 1 heterocycles. The topological polar surface area (TPSA) is 104 Å². The molecule has 0 spiro atoms. The van der Waals surface area contributed by atoms with Crippen LogP contribution in [0.5, 0.6) is 0 Å². The molecular formula is C17H26N4O5S. The predicted molar refractivity (Wildman–Crippen MR) is 101 cm³/mol. The molecule has 1 aliphatic heterocycles. The van der Waals surface area contributed by atoms with Crippen LogP contribution >= 0.6 is 0 Å². The van der Waals surface area contributed by atoms with E-state index in [0.717, 1.165) is 6.07 Å². The first-order valence-corrected chi connectivity index (χ1v) is 10.4. The van der Waals surface area contributed by atoms with Crippen molar-refractivity contribution in [2.75, 3.05) is 45.8 Å². The number of piperazine rings is 1. The highest BCUT2D eigenvalue weighted by molar-refractivity contribution is 7.89. The Labute approximate surface area is 159 Å². The molecule has 150 valence electrons. The number of nitro groups is 1. The molecule has 27 heavy (non-hydrogen) atoms. The van der Waals surface area contributed by atoms with Gasteiger partial charge in [0, 0.05) is 50.9 Å². The Morgan fingerprint density at radius 2 is 1.78 bits per heavy atom. The highest BCUT2D eigenvalue weighted by atomic mass is 32.2. The normalized spacial score (nSPS) is 16.3. The van der Waals surface area contributed by atoms with E-state index in [1.165, 1.54) is 16.4 Å². The zero-order chi connectivity index (χ0) is 20.2. The Balaban J connectivity index is 2.06. The minimum Gasteiger partial charge on any atom is -0.342 e. The lowest BCUT2D eigenvalue weighted by atomic mass is 10.2. The van der Waals surface area contributed by atoms with Gasteiger partial charge in [0.15, 0.2) is 0 Å². The molecular weight excluding hydrogens is 372 g/mol. The number of nitrogens with zero attached hydrogens (tertiary/aromatic N) is 4. The third-order valence-electron chi connectivity index (χ3n) is 4.82. The van der Waals surface area contributed by atoms with E-state index in [2.05, 4.69) is 0 Å². The van der Waals surface area contributed by atoms with E-state index in [-0.39, 0.29) is 36.1 Å². The van der Waals surface area contributed by atoms with Crippen LogP contribution in [0.15, 0.2) is 23.1 Å². The summed E-state index contributed by atoms with van der Waals surface area (Å²) in [7, 11) is -3.81. The molecule has 1 aliphatic rings. The molecule has 0 saturated carbocycles. The van der Waals surface area contributed by atoms with Gasteiger partial charge in [0.1, 0.15) is 0 Å². The largest absolute Gasteiger partial charge is 0.342 e. The van der Waals surface area contributed by atoms with E-state index in [9.17, 15) is 23.3 Å². The van der Waals surface area contributed by atoms with Gasteiger partial charge < -0.3 is 4.90 Å². The first kappa shape index (κ1) is 21.3. The number of hydrogen-bond acceptors (Lipinski definition) is 6. The summed E-state index contributed by atoms with van der Waals surface area (Å²) in [6.07, 6.45) is 0. The first-order valence-electron chi connectivity index (χ1n) is 8.96. The van der Waals surface area contributed by atoms with E-state index in [4.69, 9.17) is 0 Å². The first-order chi connectivity index (χ1) is 12.7. The third-order valence-corrected chi connectivity index (χ3v) is 6.72. The van der Waals surface area contributed by atoms with E-state index in [0.29, 0.717) is 31.7 Å². The molecule has 1 fully saturated rings. The summed E-state index contributed by atoms with van der Waals surface area (Å²) < 4.78 is 26.9. The van der Waals surface area contributed by atoms with Crippen molar-refractivity contribution in [3.05, 3.63) is 33.9 Å². The van der Waals surface area contributed by atoms with Crippen LogP contribution in [0.25, 0.3) is 0 Å². The van der Waals surface area contributed by atoms with Gasteiger partial charge >= 0.3 is 0 Å². The van der Waals surface area contributed by atoms with Gasteiger partial charge in [-0.05, 0) is 26.8 Å².